The van der Waals surface area contributed by atoms with Gasteiger partial charge in [-0.2, -0.15) is 0 Å². The van der Waals surface area contributed by atoms with Crippen molar-refractivity contribution in [3.63, 3.8) is 0 Å². The zero-order valence-electron chi connectivity index (χ0n) is 11.6. The molecule has 4 atom stereocenters. The fourth-order valence-electron chi connectivity index (χ4n) is 4.58. The molecule has 4 rings (SSSR count). The molecular weight excluding hydrogens is 288 g/mol. The number of halogens is 1. The van der Waals surface area contributed by atoms with Gasteiger partial charge in [0.25, 0.3) is 0 Å². The number of H-pyrrole nitrogens is 1. The van der Waals surface area contributed by atoms with Crippen molar-refractivity contribution in [3.8, 4) is 0 Å². The van der Waals surface area contributed by atoms with Gasteiger partial charge in [-0.05, 0) is 74.4 Å². The molecule has 2 fully saturated rings. The maximum absolute atomic E-state index is 6.08. The minimum absolute atomic E-state index is 0.479. The topological polar surface area (TPSA) is 20.7 Å². The van der Waals surface area contributed by atoms with E-state index in [1.54, 1.807) is 0 Å². The largest absolute Gasteiger partial charge is 0.331 e. The number of imidazole rings is 1. The highest BCUT2D eigenvalue weighted by Gasteiger charge is 2.42. The van der Waals surface area contributed by atoms with Gasteiger partial charge in [-0.15, -0.1) is 0 Å². The molecule has 2 aliphatic rings. The Balaban J connectivity index is 1.78. The van der Waals surface area contributed by atoms with Crippen molar-refractivity contribution < 1.29 is 0 Å². The van der Waals surface area contributed by atoms with Gasteiger partial charge in [0.2, 0.25) is 0 Å². The second-order valence-corrected chi connectivity index (χ2v) is 7.36. The Labute approximate surface area is 129 Å². The minimum atomic E-state index is 0.479. The summed E-state index contributed by atoms with van der Waals surface area (Å²) in [7, 11) is 0. The lowest BCUT2D eigenvalue weighted by Gasteiger charge is -2.29. The van der Waals surface area contributed by atoms with E-state index in [1.165, 1.54) is 31.2 Å². The fraction of sp³-hybridized carbons (Fsp3) is 0.562. The molecule has 2 saturated carbocycles. The summed E-state index contributed by atoms with van der Waals surface area (Å²) in [5.74, 6) is 2.67. The van der Waals surface area contributed by atoms with E-state index in [9.17, 15) is 0 Å². The molecule has 1 heterocycles. The Morgan fingerprint density at radius 1 is 1.35 bits per heavy atom. The standard InChI is InChI=1S/C16H19ClN2S/c1-9(13-7-10-2-3-11(13)6-10)19-15-5-4-12(17)8-14(15)18-16(19)20/h4-5,8-11,13H,2-3,6-7H2,1H3,(H,18,20). The van der Waals surface area contributed by atoms with Crippen LogP contribution in [0.5, 0.6) is 0 Å². The van der Waals surface area contributed by atoms with Crippen LogP contribution in [0.25, 0.3) is 11.0 Å². The van der Waals surface area contributed by atoms with Crippen LogP contribution in [0.15, 0.2) is 18.2 Å². The third-order valence-corrected chi connectivity index (χ3v) is 6.03. The molecule has 0 aliphatic heterocycles. The van der Waals surface area contributed by atoms with Gasteiger partial charge >= 0.3 is 0 Å². The maximum Gasteiger partial charge on any atom is 0.178 e. The average molecular weight is 307 g/mol. The first-order chi connectivity index (χ1) is 9.63. The number of fused-ring (bicyclic) bond motifs is 3. The second-order valence-electron chi connectivity index (χ2n) is 6.54. The van der Waals surface area contributed by atoms with Crippen molar-refractivity contribution in [1.29, 1.82) is 0 Å². The molecule has 20 heavy (non-hydrogen) atoms. The van der Waals surface area contributed by atoms with Crippen LogP contribution in [0.1, 0.15) is 38.6 Å². The Hall–Kier alpha value is -0.800. The summed E-state index contributed by atoms with van der Waals surface area (Å²) >= 11 is 11.6. The molecule has 2 nitrogen and oxygen atoms in total. The molecule has 4 unspecified atom stereocenters. The number of hydrogen-bond acceptors (Lipinski definition) is 1. The molecule has 106 valence electrons. The van der Waals surface area contributed by atoms with E-state index < -0.39 is 0 Å². The van der Waals surface area contributed by atoms with Crippen LogP contribution in [0.4, 0.5) is 0 Å². The van der Waals surface area contributed by atoms with Crippen LogP contribution >= 0.6 is 23.8 Å². The summed E-state index contributed by atoms with van der Waals surface area (Å²) in [6.07, 6.45) is 5.69. The smallest absolute Gasteiger partial charge is 0.178 e. The molecule has 4 heteroatoms. The number of nitrogens with one attached hydrogen (secondary N) is 1. The van der Waals surface area contributed by atoms with Gasteiger partial charge in [-0.1, -0.05) is 18.0 Å². The lowest BCUT2D eigenvalue weighted by Crippen LogP contribution is -2.22. The van der Waals surface area contributed by atoms with E-state index in [4.69, 9.17) is 23.8 Å². The monoisotopic (exact) mass is 306 g/mol. The number of hydrogen-bond donors (Lipinski definition) is 1. The molecule has 1 aromatic heterocycles. The first-order valence-electron chi connectivity index (χ1n) is 7.53. The van der Waals surface area contributed by atoms with Gasteiger partial charge in [0.05, 0.1) is 11.0 Å². The molecule has 1 N–H and O–H groups in total. The number of nitrogens with zero attached hydrogens (tertiary/aromatic N) is 1. The van der Waals surface area contributed by atoms with Crippen LogP contribution in [-0.4, -0.2) is 9.55 Å². The van der Waals surface area contributed by atoms with Crippen molar-refractivity contribution in [2.75, 3.05) is 0 Å². The van der Waals surface area contributed by atoms with Crippen LogP contribution < -0.4 is 0 Å². The van der Waals surface area contributed by atoms with Gasteiger partial charge in [0.1, 0.15) is 0 Å². The normalized spacial score (nSPS) is 30.2. The molecule has 2 aromatic rings. The third kappa shape index (κ3) is 1.86. The lowest BCUT2D eigenvalue weighted by atomic mass is 9.84. The van der Waals surface area contributed by atoms with E-state index in [-0.39, 0.29) is 0 Å². The van der Waals surface area contributed by atoms with Crippen LogP contribution in [-0.2, 0) is 0 Å². The number of aromatic amines is 1. The Kier molecular flexibility index (Phi) is 2.97. The Morgan fingerprint density at radius 3 is 2.90 bits per heavy atom. The first kappa shape index (κ1) is 12.9. The van der Waals surface area contributed by atoms with Gasteiger partial charge < -0.3 is 9.55 Å². The number of rotatable bonds is 2. The molecule has 1 aromatic carbocycles. The van der Waals surface area contributed by atoms with Crippen LogP contribution in [0, 0.1) is 22.5 Å². The predicted octanol–water partition coefficient (Wildman–Crippen LogP) is 5.35. The van der Waals surface area contributed by atoms with Gasteiger partial charge in [0, 0.05) is 11.1 Å². The maximum atomic E-state index is 6.08. The second kappa shape index (κ2) is 4.60. The molecular formula is C16H19ClN2S. The quantitative estimate of drug-likeness (QED) is 0.742. The van der Waals surface area contributed by atoms with E-state index in [0.29, 0.717) is 6.04 Å². The minimum Gasteiger partial charge on any atom is -0.331 e. The van der Waals surface area contributed by atoms with Gasteiger partial charge in [0.15, 0.2) is 4.77 Å². The third-order valence-electron chi connectivity index (χ3n) is 5.50. The zero-order valence-corrected chi connectivity index (χ0v) is 13.2. The zero-order chi connectivity index (χ0) is 13.9. The van der Waals surface area contributed by atoms with Crippen LogP contribution in [0.2, 0.25) is 5.02 Å². The molecule has 2 bridgehead atoms. The highest BCUT2D eigenvalue weighted by atomic mass is 35.5. The SMILES string of the molecule is CC(C1CC2CCC1C2)n1c(=S)[nH]c2cc(Cl)ccc21. The fourth-order valence-corrected chi connectivity index (χ4v) is 5.13. The molecule has 0 spiro atoms. The molecule has 2 aliphatic carbocycles. The highest BCUT2D eigenvalue weighted by Crippen LogP contribution is 2.52. The van der Waals surface area contributed by atoms with Crippen LogP contribution in [0.3, 0.4) is 0 Å². The van der Waals surface area contributed by atoms with E-state index in [1.807, 2.05) is 12.1 Å². The molecule has 0 amide bonds. The first-order valence-corrected chi connectivity index (χ1v) is 8.32. The van der Waals surface area contributed by atoms with E-state index >= 15 is 0 Å². The molecule has 0 saturated heterocycles. The highest BCUT2D eigenvalue weighted by molar-refractivity contribution is 7.71. The average Bonchev–Trinajstić information content (AvgIpc) is 3.10. The summed E-state index contributed by atoms with van der Waals surface area (Å²) in [5.41, 5.74) is 2.24. The van der Waals surface area contributed by atoms with E-state index in [2.05, 4.69) is 22.5 Å². The van der Waals surface area contributed by atoms with Crippen molar-refractivity contribution in [3.05, 3.63) is 28.0 Å². The number of aromatic nitrogens is 2. The van der Waals surface area contributed by atoms with Crippen molar-refractivity contribution >= 4 is 34.9 Å². The Bertz CT molecular complexity index is 717. The summed E-state index contributed by atoms with van der Waals surface area (Å²) in [5, 5.41) is 0.758. The lowest BCUT2D eigenvalue weighted by molar-refractivity contribution is 0.245. The van der Waals surface area contributed by atoms with Crippen molar-refractivity contribution in [1.82, 2.24) is 9.55 Å². The van der Waals surface area contributed by atoms with Gasteiger partial charge in [-0.3, -0.25) is 0 Å². The van der Waals surface area contributed by atoms with Crippen molar-refractivity contribution in [2.24, 2.45) is 17.8 Å². The summed E-state index contributed by atoms with van der Waals surface area (Å²) < 4.78 is 3.14. The molecule has 0 radical (unpaired) electrons. The van der Waals surface area contributed by atoms with Crippen molar-refractivity contribution in [2.45, 2.75) is 38.6 Å². The van der Waals surface area contributed by atoms with E-state index in [0.717, 1.165) is 33.1 Å². The summed E-state index contributed by atoms with van der Waals surface area (Å²) in [6, 6.07) is 6.49. The number of benzene rings is 1. The summed E-state index contributed by atoms with van der Waals surface area (Å²) in [6.45, 7) is 2.34. The predicted molar refractivity (Wildman–Crippen MR) is 85.8 cm³/mol. The Morgan fingerprint density at radius 2 is 2.20 bits per heavy atom. The van der Waals surface area contributed by atoms with Gasteiger partial charge in [-0.25, -0.2) is 0 Å². The summed E-state index contributed by atoms with van der Waals surface area (Å²) in [4.78, 5) is 3.31.